The quantitative estimate of drug-likeness (QED) is 0.264. The fourth-order valence-corrected chi connectivity index (χ4v) is 3.85. The zero-order valence-corrected chi connectivity index (χ0v) is 17.4. The molecule has 0 amide bonds. The van der Waals surface area contributed by atoms with Crippen LogP contribution in [0.4, 0.5) is 22.0 Å². The van der Waals surface area contributed by atoms with Gasteiger partial charge < -0.3 is 4.74 Å². The summed E-state index contributed by atoms with van der Waals surface area (Å²) >= 11 is 3.05. The Hall–Kier alpha value is -2.15. The molecule has 0 atom stereocenters. The molecule has 6 nitrogen and oxygen atoms in total. The summed E-state index contributed by atoms with van der Waals surface area (Å²) < 4.78 is 69.0. The van der Waals surface area contributed by atoms with E-state index < -0.39 is 24.6 Å². The van der Waals surface area contributed by atoms with Crippen LogP contribution >= 0.6 is 23.5 Å². The zero-order chi connectivity index (χ0) is 21.9. The fraction of sp³-hybridized carbons (Fsp3) is 0.412. The van der Waals surface area contributed by atoms with Crippen LogP contribution in [0.5, 0.6) is 5.88 Å². The predicted octanol–water partition coefficient (Wildman–Crippen LogP) is 4.99. The van der Waals surface area contributed by atoms with Gasteiger partial charge in [0, 0.05) is 6.20 Å². The second-order valence-electron chi connectivity index (χ2n) is 5.80. The third kappa shape index (κ3) is 4.61. The minimum atomic E-state index is -5.70. The van der Waals surface area contributed by atoms with E-state index in [4.69, 9.17) is 0 Å². The van der Waals surface area contributed by atoms with Gasteiger partial charge in [0.1, 0.15) is 10.1 Å². The molecule has 3 aromatic heterocycles. The molecule has 13 heteroatoms. The summed E-state index contributed by atoms with van der Waals surface area (Å²) in [6, 6.07) is 1.84. The Balaban J connectivity index is 1.92. The summed E-state index contributed by atoms with van der Waals surface area (Å²) in [5.41, 5.74) is 1.48. The van der Waals surface area contributed by atoms with Gasteiger partial charge in [-0.3, -0.25) is 0 Å². The number of alkyl halides is 5. The van der Waals surface area contributed by atoms with Crippen LogP contribution in [-0.2, 0) is 0 Å². The van der Waals surface area contributed by atoms with E-state index in [1.54, 1.807) is 22.5 Å². The van der Waals surface area contributed by atoms with Gasteiger partial charge in [0.2, 0.25) is 5.88 Å². The maximum atomic E-state index is 13.0. The van der Waals surface area contributed by atoms with Crippen molar-refractivity contribution >= 4 is 29.2 Å². The van der Waals surface area contributed by atoms with Crippen LogP contribution in [0.1, 0.15) is 13.8 Å². The van der Waals surface area contributed by atoms with Crippen LogP contribution in [0.2, 0.25) is 0 Å². The molecule has 0 saturated heterocycles. The molecule has 3 heterocycles. The normalized spacial score (nSPS) is 12.5. The van der Waals surface area contributed by atoms with Gasteiger partial charge in [-0.15, -0.1) is 23.5 Å². The van der Waals surface area contributed by atoms with E-state index in [1.165, 1.54) is 18.0 Å². The van der Waals surface area contributed by atoms with Gasteiger partial charge in [-0.1, -0.05) is 13.8 Å². The largest absolute Gasteiger partial charge is 0.470 e. The van der Waals surface area contributed by atoms with Crippen molar-refractivity contribution in [2.45, 2.75) is 36.0 Å². The summed E-state index contributed by atoms with van der Waals surface area (Å²) in [6.45, 7) is 2.09. The molecule has 0 aliphatic rings. The van der Waals surface area contributed by atoms with Crippen molar-refractivity contribution in [3.8, 4) is 17.1 Å². The second-order valence-corrected chi connectivity index (χ2v) is 8.33. The van der Waals surface area contributed by atoms with Gasteiger partial charge in [0.25, 0.3) is 0 Å². The first kappa shape index (κ1) is 22.5. The first-order valence-corrected chi connectivity index (χ1v) is 10.7. The first-order chi connectivity index (χ1) is 14.2. The van der Waals surface area contributed by atoms with Gasteiger partial charge >= 0.3 is 12.1 Å². The van der Waals surface area contributed by atoms with E-state index in [1.807, 2.05) is 19.9 Å². The number of hydrogen-bond acceptors (Lipinski definition) is 7. The highest BCUT2D eigenvalue weighted by Gasteiger charge is 2.58. The Morgan fingerprint density at radius 1 is 1.00 bits per heavy atom. The predicted molar refractivity (Wildman–Crippen MR) is 103 cm³/mol. The molecule has 30 heavy (non-hydrogen) atoms. The molecule has 0 radical (unpaired) electrons. The smallest absolute Gasteiger partial charge is 0.456 e. The minimum absolute atomic E-state index is 0.349. The average Bonchev–Trinajstić information content (AvgIpc) is 3.06. The summed E-state index contributed by atoms with van der Waals surface area (Å²) in [5, 5.41) is 6.13. The molecule has 0 aliphatic heterocycles. The SMILES string of the molecule is CCSc1nn2c(SCC)ccnc2c1-c1cnc(OCC(F)(F)C(F)(F)F)cn1. The highest BCUT2D eigenvalue weighted by molar-refractivity contribution is 7.99. The van der Waals surface area contributed by atoms with Crippen molar-refractivity contribution in [3.63, 3.8) is 0 Å². The van der Waals surface area contributed by atoms with Gasteiger partial charge in [0.05, 0.1) is 23.7 Å². The van der Waals surface area contributed by atoms with Crippen LogP contribution in [0.25, 0.3) is 16.9 Å². The van der Waals surface area contributed by atoms with Crippen molar-refractivity contribution in [2.24, 2.45) is 0 Å². The molecule has 0 fully saturated rings. The van der Waals surface area contributed by atoms with Crippen molar-refractivity contribution in [1.82, 2.24) is 24.6 Å². The molecule has 162 valence electrons. The summed E-state index contributed by atoms with van der Waals surface area (Å²) in [5.74, 6) is -3.87. The van der Waals surface area contributed by atoms with Crippen molar-refractivity contribution in [1.29, 1.82) is 0 Å². The standard InChI is InChI=1S/C17H16F5N5OS2/c1-3-29-12-5-6-23-14-13(15(30-4-2)26-27(12)14)10-7-25-11(8-24-10)28-9-16(18,19)17(20,21)22/h5-8H,3-4,9H2,1-2H3. The lowest BCUT2D eigenvalue weighted by molar-refractivity contribution is -0.290. The summed E-state index contributed by atoms with van der Waals surface area (Å²) in [7, 11) is 0. The zero-order valence-electron chi connectivity index (χ0n) is 15.8. The van der Waals surface area contributed by atoms with Gasteiger partial charge in [-0.25, -0.2) is 19.5 Å². The number of thioether (sulfide) groups is 2. The van der Waals surface area contributed by atoms with E-state index in [9.17, 15) is 22.0 Å². The molecule has 0 aliphatic carbocycles. The van der Waals surface area contributed by atoms with E-state index >= 15 is 0 Å². The molecule has 3 aromatic rings. The maximum Gasteiger partial charge on any atom is 0.456 e. The average molecular weight is 465 g/mol. The first-order valence-electron chi connectivity index (χ1n) is 8.71. The van der Waals surface area contributed by atoms with E-state index in [2.05, 4.69) is 24.8 Å². The molecule has 0 spiro atoms. The number of aromatic nitrogens is 5. The van der Waals surface area contributed by atoms with Crippen LogP contribution in [0, 0.1) is 0 Å². The molecule has 0 bridgehead atoms. The number of nitrogens with zero attached hydrogens (tertiary/aromatic N) is 5. The Bertz CT molecular complexity index is 1010. The number of ether oxygens (including phenoxy) is 1. The third-order valence-corrected chi connectivity index (χ3v) is 5.47. The Morgan fingerprint density at radius 3 is 2.33 bits per heavy atom. The lowest BCUT2D eigenvalue weighted by atomic mass is 10.2. The Labute approximate surface area is 176 Å². The van der Waals surface area contributed by atoms with Gasteiger partial charge in [0.15, 0.2) is 12.3 Å². The molecule has 0 unspecified atom stereocenters. The number of hydrogen-bond donors (Lipinski definition) is 0. The van der Waals surface area contributed by atoms with Crippen LogP contribution < -0.4 is 4.74 Å². The van der Waals surface area contributed by atoms with E-state index in [0.29, 0.717) is 21.9 Å². The van der Waals surface area contributed by atoms with E-state index in [0.717, 1.165) is 22.7 Å². The molecular formula is C17H16F5N5OS2. The highest BCUT2D eigenvalue weighted by Crippen LogP contribution is 2.36. The minimum Gasteiger partial charge on any atom is -0.470 e. The topological polar surface area (TPSA) is 65.2 Å². The maximum absolute atomic E-state index is 13.0. The van der Waals surface area contributed by atoms with Crippen LogP contribution in [0.3, 0.4) is 0 Å². The lowest BCUT2D eigenvalue weighted by Crippen LogP contribution is -2.41. The molecule has 0 N–H and O–H groups in total. The van der Waals surface area contributed by atoms with Crippen molar-refractivity contribution in [3.05, 3.63) is 24.7 Å². The van der Waals surface area contributed by atoms with Gasteiger partial charge in [-0.2, -0.15) is 27.1 Å². The van der Waals surface area contributed by atoms with Crippen molar-refractivity contribution < 1.29 is 26.7 Å². The second kappa shape index (κ2) is 8.92. The van der Waals surface area contributed by atoms with Crippen LogP contribution in [-0.4, -0.2) is 54.8 Å². The number of halogens is 5. The Kier molecular flexibility index (Phi) is 6.70. The number of fused-ring (bicyclic) bond motifs is 1. The monoisotopic (exact) mass is 465 g/mol. The third-order valence-electron chi connectivity index (χ3n) is 3.73. The molecular weight excluding hydrogens is 449 g/mol. The van der Waals surface area contributed by atoms with Gasteiger partial charge in [-0.05, 0) is 17.6 Å². The van der Waals surface area contributed by atoms with Crippen LogP contribution in [0.15, 0.2) is 34.7 Å². The fourth-order valence-electron chi connectivity index (χ4n) is 2.39. The molecule has 0 saturated carbocycles. The Morgan fingerprint density at radius 2 is 1.73 bits per heavy atom. The summed E-state index contributed by atoms with van der Waals surface area (Å²) in [6.07, 6.45) is -1.83. The number of rotatable bonds is 8. The highest BCUT2D eigenvalue weighted by atomic mass is 32.2. The lowest BCUT2D eigenvalue weighted by Gasteiger charge is -2.19. The van der Waals surface area contributed by atoms with Crippen molar-refractivity contribution in [2.75, 3.05) is 18.1 Å². The van der Waals surface area contributed by atoms with E-state index in [-0.39, 0.29) is 0 Å². The summed E-state index contributed by atoms with van der Waals surface area (Å²) in [4.78, 5) is 12.3. The molecule has 3 rings (SSSR count). The molecule has 0 aromatic carbocycles.